The lowest BCUT2D eigenvalue weighted by Gasteiger charge is -2.23. The van der Waals surface area contributed by atoms with E-state index in [9.17, 15) is 0 Å². The lowest BCUT2D eigenvalue weighted by atomic mass is 10.0. The largest absolute Gasteiger partial charge is 0.320 e. The topological polar surface area (TPSA) is 34.0 Å². The highest BCUT2D eigenvalue weighted by Gasteiger charge is 2.21. The Morgan fingerprint density at radius 2 is 2.12 bits per heavy atom. The quantitative estimate of drug-likeness (QED) is 0.722. The molecule has 4 heteroatoms. The van der Waals surface area contributed by atoms with Crippen molar-refractivity contribution >= 4 is 22.7 Å². The van der Waals surface area contributed by atoms with E-state index in [1.807, 2.05) is 6.20 Å². The van der Waals surface area contributed by atoms with Crippen LogP contribution < -0.4 is 0 Å². The molecule has 0 amide bonds. The zero-order valence-corrected chi connectivity index (χ0v) is 14.5. The number of aryl methyl sites for hydroxylation is 1. The number of hydrogen-bond acceptors (Lipinski definition) is 3. The number of nitrogens with zero attached hydrogens (tertiary/aromatic N) is 4. The monoisotopic (exact) mass is 318 g/mol. The first-order valence-corrected chi connectivity index (χ1v) is 8.39. The molecule has 2 aromatic heterocycles. The molecule has 0 atom stereocenters. The molecule has 0 fully saturated rings. The summed E-state index contributed by atoms with van der Waals surface area (Å²) in [6.45, 7) is 6.38. The minimum atomic E-state index is 0.924. The van der Waals surface area contributed by atoms with Crippen LogP contribution in [0.1, 0.15) is 29.4 Å². The van der Waals surface area contributed by atoms with Crippen molar-refractivity contribution in [2.75, 3.05) is 13.6 Å². The van der Waals surface area contributed by atoms with Crippen molar-refractivity contribution in [3.05, 3.63) is 59.3 Å². The van der Waals surface area contributed by atoms with Gasteiger partial charge < -0.3 is 9.47 Å². The smallest absolute Gasteiger partial charge is 0.0856 e. The highest BCUT2D eigenvalue weighted by atomic mass is 15.1. The molecular formula is C20H22N4. The number of aromatic nitrogens is 3. The van der Waals surface area contributed by atoms with Crippen LogP contribution in [0.25, 0.3) is 22.7 Å². The Labute approximate surface area is 142 Å². The van der Waals surface area contributed by atoms with Gasteiger partial charge in [-0.2, -0.15) is 0 Å². The minimum absolute atomic E-state index is 0.924. The van der Waals surface area contributed by atoms with Gasteiger partial charge in [0.25, 0.3) is 0 Å². The molecule has 0 aliphatic carbocycles. The summed E-state index contributed by atoms with van der Waals surface area (Å²) in [6.07, 6.45) is 8.56. The van der Waals surface area contributed by atoms with Gasteiger partial charge >= 0.3 is 0 Å². The molecule has 0 bridgehead atoms. The fraction of sp³-hybridized carbons (Fsp3) is 0.300. The number of likely N-dealkylation sites (N-methyl/N-ethyl adjacent to an activating group) is 1. The van der Waals surface area contributed by atoms with Crippen molar-refractivity contribution in [1.82, 2.24) is 19.4 Å². The van der Waals surface area contributed by atoms with Gasteiger partial charge in [-0.3, -0.25) is 9.97 Å². The molecule has 0 saturated heterocycles. The molecule has 0 saturated carbocycles. The molecule has 1 aliphatic heterocycles. The van der Waals surface area contributed by atoms with Crippen LogP contribution in [0.4, 0.5) is 0 Å². The molecule has 4 rings (SSSR count). The summed E-state index contributed by atoms with van der Waals surface area (Å²) in [6, 6.07) is 6.75. The van der Waals surface area contributed by atoms with Gasteiger partial charge in [0.05, 0.1) is 17.4 Å². The van der Waals surface area contributed by atoms with Crippen LogP contribution in [0.3, 0.4) is 0 Å². The Hall–Kier alpha value is -2.46. The van der Waals surface area contributed by atoms with E-state index in [4.69, 9.17) is 0 Å². The SMILES string of the molecule is C/C(=C/n1c2c(c3cc(C)ccc31)CN(C)CC2)c1cnccn1. The zero-order valence-electron chi connectivity index (χ0n) is 14.5. The molecule has 0 radical (unpaired) electrons. The molecule has 0 unspecified atom stereocenters. The third-order valence-electron chi connectivity index (χ3n) is 4.82. The van der Waals surface area contributed by atoms with E-state index in [-0.39, 0.29) is 0 Å². The van der Waals surface area contributed by atoms with Crippen LogP contribution in [-0.2, 0) is 13.0 Å². The second-order valence-corrected chi connectivity index (χ2v) is 6.71. The first-order valence-electron chi connectivity index (χ1n) is 8.39. The molecule has 24 heavy (non-hydrogen) atoms. The van der Waals surface area contributed by atoms with Crippen LogP contribution >= 0.6 is 0 Å². The second kappa shape index (κ2) is 5.87. The molecule has 0 spiro atoms. The van der Waals surface area contributed by atoms with E-state index in [1.54, 1.807) is 12.4 Å². The van der Waals surface area contributed by atoms with Crippen LogP contribution in [0.2, 0.25) is 0 Å². The van der Waals surface area contributed by atoms with Crippen LogP contribution in [-0.4, -0.2) is 33.0 Å². The van der Waals surface area contributed by atoms with Crippen LogP contribution in [0.5, 0.6) is 0 Å². The Bertz CT molecular complexity index is 922. The number of benzene rings is 1. The highest BCUT2D eigenvalue weighted by molar-refractivity contribution is 5.90. The summed E-state index contributed by atoms with van der Waals surface area (Å²) < 4.78 is 2.36. The maximum absolute atomic E-state index is 4.43. The van der Waals surface area contributed by atoms with E-state index >= 15 is 0 Å². The average Bonchev–Trinajstić information content (AvgIpc) is 2.88. The van der Waals surface area contributed by atoms with E-state index in [1.165, 1.54) is 27.7 Å². The third kappa shape index (κ3) is 2.53. The van der Waals surface area contributed by atoms with Crippen molar-refractivity contribution in [1.29, 1.82) is 0 Å². The van der Waals surface area contributed by atoms with Crippen molar-refractivity contribution < 1.29 is 0 Å². The second-order valence-electron chi connectivity index (χ2n) is 6.71. The Morgan fingerprint density at radius 3 is 2.92 bits per heavy atom. The fourth-order valence-electron chi connectivity index (χ4n) is 3.55. The maximum Gasteiger partial charge on any atom is 0.0856 e. The summed E-state index contributed by atoms with van der Waals surface area (Å²) in [7, 11) is 2.20. The Morgan fingerprint density at radius 1 is 1.25 bits per heavy atom. The lowest BCUT2D eigenvalue weighted by Crippen LogP contribution is -2.26. The minimum Gasteiger partial charge on any atom is -0.320 e. The summed E-state index contributed by atoms with van der Waals surface area (Å²) in [4.78, 5) is 11.0. The first kappa shape index (κ1) is 15.1. The summed E-state index contributed by atoms with van der Waals surface area (Å²) in [5.41, 5.74) is 7.53. The van der Waals surface area contributed by atoms with Gasteiger partial charge in [-0.15, -0.1) is 0 Å². The van der Waals surface area contributed by atoms with Crippen molar-refractivity contribution in [3.8, 4) is 0 Å². The van der Waals surface area contributed by atoms with Crippen molar-refractivity contribution in [3.63, 3.8) is 0 Å². The summed E-state index contributed by atoms with van der Waals surface area (Å²) in [5.74, 6) is 0. The maximum atomic E-state index is 4.43. The number of hydrogen-bond donors (Lipinski definition) is 0. The van der Waals surface area contributed by atoms with E-state index in [0.717, 1.165) is 30.8 Å². The molecule has 0 N–H and O–H groups in total. The number of rotatable bonds is 2. The highest BCUT2D eigenvalue weighted by Crippen LogP contribution is 2.32. The van der Waals surface area contributed by atoms with Gasteiger partial charge in [-0.25, -0.2) is 0 Å². The van der Waals surface area contributed by atoms with E-state index in [2.05, 4.69) is 64.7 Å². The summed E-state index contributed by atoms with van der Waals surface area (Å²) >= 11 is 0. The third-order valence-corrected chi connectivity index (χ3v) is 4.82. The number of fused-ring (bicyclic) bond motifs is 3. The van der Waals surface area contributed by atoms with Gasteiger partial charge in [0.1, 0.15) is 0 Å². The lowest BCUT2D eigenvalue weighted by molar-refractivity contribution is 0.312. The molecular weight excluding hydrogens is 296 g/mol. The normalized spacial score (nSPS) is 15.7. The van der Waals surface area contributed by atoms with Crippen LogP contribution in [0, 0.1) is 6.92 Å². The summed E-state index contributed by atoms with van der Waals surface area (Å²) in [5, 5.41) is 1.37. The Kier molecular flexibility index (Phi) is 3.69. The average molecular weight is 318 g/mol. The van der Waals surface area contributed by atoms with Gasteiger partial charge in [0.2, 0.25) is 0 Å². The van der Waals surface area contributed by atoms with E-state index in [0.29, 0.717) is 0 Å². The first-order chi connectivity index (χ1) is 11.6. The van der Waals surface area contributed by atoms with E-state index < -0.39 is 0 Å². The predicted molar refractivity (Wildman–Crippen MR) is 98.6 cm³/mol. The van der Waals surface area contributed by atoms with Gasteiger partial charge in [0.15, 0.2) is 0 Å². The van der Waals surface area contributed by atoms with Crippen molar-refractivity contribution in [2.45, 2.75) is 26.8 Å². The molecule has 1 aromatic carbocycles. The Balaban J connectivity index is 1.92. The van der Waals surface area contributed by atoms with Crippen LogP contribution in [0.15, 0.2) is 36.8 Å². The van der Waals surface area contributed by atoms with Gasteiger partial charge in [-0.05, 0) is 44.2 Å². The number of allylic oxidation sites excluding steroid dienone is 1. The van der Waals surface area contributed by atoms with Gasteiger partial charge in [0, 0.05) is 49.2 Å². The molecule has 4 nitrogen and oxygen atoms in total. The molecule has 3 aromatic rings. The van der Waals surface area contributed by atoms with Crippen molar-refractivity contribution in [2.24, 2.45) is 0 Å². The molecule has 3 heterocycles. The van der Waals surface area contributed by atoms with Gasteiger partial charge in [-0.1, -0.05) is 11.6 Å². The predicted octanol–water partition coefficient (Wildman–Crippen LogP) is 3.75. The zero-order chi connectivity index (χ0) is 16.7. The molecule has 1 aliphatic rings. The molecule has 122 valence electrons. The fourth-order valence-corrected chi connectivity index (χ4v) is 3.55. The standard InChI is InChI=1S/C20H22N4/c1-14-4-5-19-16(10-14)17-13-23(3)9-6-20(17)24(19)12-15(2)18-11-21-7-8-22-18/h4-5,7-8,10-12H,6,9,13H2,1-3H3/b15-12-.